The Morgan fingerprint density at radius 2 is 1.52 bits per heavy atom. The van der Waals surface area contributed by atoms with E-state index in [2.05, 4.69) is 50.2 Å². The zero-order chi connectivity index (χ0) is 23.2. The molecule has 0 saturated carbocycles. The second kappa shape index (κ2) is 19.0. The van der Waals surface area contributed by atoms with E-state index in [1.54, 1.807) is 0 Å². The van der Waals surface area contributed by atoms with Crippen LogP contribution in [0.2, 0.25) is 0 Å². The molecule has 0 fully saturated rings. The van der Waals surface area contributed by atoms with Gasteiger partial charge in [-0.1, -0.05) is 24.0 Å². The van der Waals surface area contributed by atoms with Crippen LogP contribution < -0.4 is 4.57 Å². The van der Waals surface area contributed by atoms with Crippen molar-refractivity contribution in [2.45, 2.75) is 70.8 Å². The number of rotatable bonds is 20. The minimum atomic E-state index is 0.607. The van der Waals surface area contributed by atoms with E-state index in [0.717, 1.165) is 97.2 Å². The van der Waals surface area contributed by atoms with Gasteiger partial charge in [-0.15, -0.1) is 0 Å². The van der Waals surface area contributed by atoms with E-state index in [-0.39, 0.29) is 0 Å². The second-order valence-electron chi connectivity index (χ2n) is 8.32. The molecule has 33 heavy (non-hydrogen) atoms. The zero-order valence-corrected chi connectivity index (χ0v) is 20.0. The third-order valence-electron chi connectivity index (χ3n) is 5.47. The van der Waals surface area contributed by atoms with E-state index in [9.17, 15) is 0 Å². The molecular weight excluding hydrogens is 414 g/mol. The highest BCUT2D eigenvalue weighted by molar-refractivity contribution is 5.08. The molecule has 0 radical (unpaired) electrons. The molecule has 0 amide bonds. The topological polar surface area (TPSA) is 84.0 Å². The fourth-order valence-corrected chi connectivity index (χ4v) is 3.65. The number of azide groups is 1. The summed E-state index contributed by atoms with van der Waals surface area (Å²) < 4.78 is 13.8. The summed E-state index contributed by atoms with van der Waals surface area (Å²) in [6.45, 7) is 4.92. The number of pyridine rings is 2. The molecular formula is C26H40N5O2+. The Labute approximate surface area is 198 Å². The Morgan fingerprint density at radius 1 is 0.818 bits per heavy atom. The monoisotopic (exact) mass is 454 g/mol. The summed E-state index contributed by atoms with van der Waals surface area (Å²) in [5.74, 6) is 0. The van der Waals surface area contributed by atoms with Gasteiger partial charge in [0.15, 0.2) is 12.4 Å². The van der Waals surface area contributed by atoms with Crippen molar-refractivity contribution >= 4 is 0 Å². The van der Waals surface area contributed by atoms with E-state index in [1.807, 2.05) is 18.5 Å². The third-order valence-corrected chi connectivity index (χ3v) is 5.47. The predicted octanol–water partition coefficient (Wildman–Crippen LogP) is 5.62. The first-order chi connectivity index (χ1) is 16.4. The fraction of sp³-hybridized carbons (Fsp3) is 0.615. The van der Waals surface area contributed by atoms with E-state index in [4.69, 9.17) is 15.0 Å². The van der Waals surface area contributed by atoms with Gasteiger partial charge in [0.1, 0.15) is 6.54 Å². The van der Waals surface area contributed by atoms with Crippen molar-refractivity contribution in [2.24, 2.45) is 5.11 Å². The molecule has 180 valence electrons. The van der Waals surface area contributed by atoms with Gasteiger partial charge < -0.3 is 9.47 Å². The van der Waals surface area contributed by atoms with Gasteiger partial charge in [0.05, 0.1) is 0 Å². The lowest BCUT2D eigenvalue weighted by molar-refractivity contribution is -0.697. The molecule has 0 atom stereocenters. The second-order valence-corrected chi connectivity index (χ2v) is 8.32. The maximum Gasteiger partial charge on any atom is 0.171 e. The summed E-state index contributed by atoms with van der Waals surface area (Å²) in [5.41, 5.74) is 10.9. The molecule has 7 nitrogen and oxygen atoms in total. The van der Waals surface area contributed by atoms with E-state index < -0.39 is 0 Å². The standard InChI is InChI=1S/C26H40N5O2/c27-30-29-16-3-1-2-5-19-32-22-10-14-26-12-8-18-31(24-26)17-4-6-20-33-21-9-13-25-11-7-15-28-23-25/h7-8,11-12,15,18,23-24H,1-6,9-10,13-14,16-17,19-22H2/q+1. The largest absolute Gasteiger partial charge is 0.381 e. The highest BCUT2D eigenvalue weighted by atomic mass is 16.5. The maximum atomic E-state index is 8.23. The Hall–Kier alpha value is -2.47. The molecule has 0 unspecified atom stereocenters. The molecule has 2 rings (SSSR count). The van der Waals surface area contributed by atoms with Crippen molar-refractivity contribution in [3.05, 3.63) is 70.6 Å². The number of nitrogens with zero attached hydrogens (tertiary/aromatic N) is 5. The highest BCUT2D eigenvalue weighted by Gasteiger charge is 2.03. The molecule has 0 aliphatic carbocycles. The van der Waals surface area contributed by atoms with Crippen LogP contribution in [-0.2, 0) is 28.9 Å². The van der Waals surface area contributed by atoms with Crippen LogP contribution in [0, 0.1) is 0 Å². The molecule has 2 heterocycles. The van der Waals surface area contributed by atoms with Crippen LogP contribution in [0.15, 0.2) is 54.2 Å². The third kappa shape index (κ3) is 14.3. The molecule has 7 heteroatoms. The Morgan fingerprint density at radius 3 is 2.27 bits per heavy atom. The molecule has 2 aromatic rings. The van der Waals surface area contributed by atoms with Gasteiger partial charge in [-0.05, 0) is 68.2 Å². The van der Waals surface area contributed by atoms with Gasteiger partial charge in [0.2, 0.25) is 0 Å². The number of hydrogen-bond acceptors (Lipinski definition) is 4. The lowest BCUT2D eigenvalue weighted by atomic mass is 10.1. The van der Waals surface area contributed by atoms with Crippen molar-refractivity contribution in [3.8, 4) is 0 Å². The van der Waals surface area contributed by atoms with Crippen molar-refractivity contribution in [1.29, 1.82) is 0 Å². The minimum Gasteiger partial charge on any atom is -0.381 e. The Balaban J connectivity index is 1.42. The summed E-state index contributed by atoms with van der Waals surface area (Å²) in [5, 5.41) is 3.55. The average molecular weight is 455 g/mol. The number of aromatic nitrogens is 2. The predicted molar refractivity (Wildman–Crippen MR) is 131 cm³/mol. The van der Waals surface area contributed by atoms with Crippen LogP contribution >= 0.6 is 0 Å². The average Bonchev–Trinajstić information content (AvgIpc) is 2.85. The van der Waals surface area contributed by atoms with Crippen LogP contribution in [0.25, 0.3) is 10.4 Å². The summed E-state index contributed by atoms with van der Waals surface area (Å²) in [7, 11) is 0. The molecule has 0 N–H and O–H groups in total. The van der Waals surface area contributed by atoms with E-state index in [0.29, 0.717) is 6.54 Å². The number of aryl methyl sites for hydroxylation is 3. The molecule has 0 spiro atoms. The van der Waals surface area contributed by atoms with Crippen LogP contribution in [-0.4, -0.2) is 38.0 Å². The minimum absolute atomic E-state index is 0.607. The van der Waals surface area contributed by atoms with Gasteiger partial charge in [-0.25, -0.2) is 4.57 Å². The van der Waals surface area contributed by atoms with E-state index in [1.165, 1.54) is 11.1 Å². The molecule has 0 aliphatic rings. The first-order valence-electron chi connectivity index (χ1n) is 12.4. The highest BCUT2D eigenvalue weighted by Crippen LogP contribution is 2.04. The van der Waals surface area contributed by atoms with Crippen molar-refractivity contribution in [1.82, 2.24) is 4.98 Å². The van der Waals surface area contributed by atoms with Gasteiger partial charge in [0, 0.05) is 68.3 Å². The summed E-state index contributed by atoms with van der Waals surface area (Å²) in [6.07, 6.45) is 18.8. The van der Waals surface area contributed by atoms with Crippen molar-refractivity contribution in [2.75, 3.05) is 33.0 Å². The van der Waals surface area contributed by atoms with Gasteiger partial charge in [-0.2, -0.15) is 0 Å². The van der Waals surface area contributed by atoms with Crippen LogP contribution in [0.5, 0.6) is 0 Å². The van der Waals surface area contributed by atoms with E-state index >= 15 is 0 Å². The molecule has 0 aromatic carbocycles. The number of ether oxygens (including phenoxy) is 2. The van der Waals surface area contributed by atoms with Gasteiger partial charge in [0.25, 0.3) is 0 Å². The van der Waals surface area contributed by atoms with Crippen molar-refractivity contribution in [3.63, 3.8) is 0 Å². The van der Waals surface area contributed by atoms with Crippen LogP contribution in [0.4, 0.5) is 0 Å². The number of hydrogen-bond donors (Lipinski definition) is 0. The SMILES string of the molecule is [N-]=[N+]=NCCCCCCOCCCc1ccc[n+](CCCCOCCCc2cccnc2)c1. The summed E-state index contributed by atoms with van der Waals surface area (Å²) in [4.78, 5) is 6.91. The fourth-order valence-electron chi connectivity index (χ4n) is 3.65. The maximum absolute atomic E-state index is 8.23. The Bertz CT molecular complexity index is 781. The van der Waals surface area contributed by atoms with Crippen LogP contribution in [0.3, 0.4) is 0 Å². The van der Waals surface area contributed by atoms with Gasteiger partial charge in [-0.3, -0.25) is 4.98 Å². The smallest absolute Gasteiger partial charge is 0.171 e. The normalized spacial score (nSPS) is 10.8. The van der Waals surface area contributed by atoms with Crippen LogP contribution in [0.1, 0.15) is 62.5 Å². The molecule has 0 aliphatic heterocycles. The zero-order valence-electron chi connectivity index (χ0n) is 20.0. The molecule has 0 bridgehead atoms. The first kappa shape index (κ1) is 26.8. The molecule has 2 aromatic heterocycles. The van der Waals surface area contributed by atoms with Crippen molar-refractivity contribution < 1.29 is 14.0 Å². The van der Waals surface area contributed by atoms with Gasteiger partial charge >= 0.3 is 0 Å². The Kier molecular flexibility index (Phi) is 15.5. The lowest BCUT2D eigenvalue weighted by Gasteiger charge is -2.05. The summed E-state index contributed by atoms with van der Waals surface area (Å²) in [6, 6.07) is 8.44. The lowest BCUT2D eigenvalue weighted by Crippen LogP contribution is -2.33. The summed E-state index contributed by atoms with van der Waals surface area (Å²) >= 11 is 0. The quantitative estimate of drug-likeness (QED) is 0.0856. The first-order valence-corrected chi connectivity index (χ1v) is 12.4. The molecule has 0 saturated heterocycles. The number of unbranched alkanes of at least 4 members (excludes halogenated alkanes) is 4.